The van der Waals surface area contributed by atoms with Crippen molar-refractivity contribution in [2.75, 3.05) is 19.7 Å². The van der Waals surface area contributed by atoms with Crippen molar-refractivity contribution in [1.29, 1.82) is 0 Å². The van der Waals surface area contributed by atoms with Crippen LogP contribution in [-0.4, -0.2) is 46.3 Å². The molecular formula is C24H25N3O3S. The van der Waals surface area contributed by atoms with E-state index in [4.69, 9.17) is 9.84 Å². The van der Waals surface area contributed by atoms with Gasteiger partial charge in [0.05, 0.1) is 10.6 Å². The largest absolute Gasteiger partial charge is 0.452 e. The van der Waals surface area contributed by atoms with Gasteiger partial charge in [-0.25, -0.2) is 9.48 Å². The average molecular weight is 436 g/mol. The summed E-state index contributed by atoms with van der Waals surface area (Å²) in [5.41, 5.74) is 2.53. The molecule has 6 nitrogen and oxygen atoms in total. The second kappa shape index (κ2) is 9.75. The van der Waals surface area contributed by atoms with Crippen LogP contribution in [0.4, 0.5) is 0 Å². The normalized spacial score (nSPS) is 14.8. The lowest BCUT2D eigenvalue weighted by atomic mass is 9.99. The maximum atomic E-state index is 12.3. The molecule has 7 heteroatoms. The monoisotopic (exact) mass is 435 g/mol. The Labute approximate surface area is 185 Å². The van der Waals surface area contributed by atoms with E-state index in [9.17, 15) is 9.59 Å². The highest BCUT2D eigenvalue weighted by Gasteiger charge is 2.21. The number of carbonyl (C=O) groups is 2. The first-order valence-electron chi connectivity index (χ1n) is 10.4. The van der Waals surface area contributed by atoms with Crippen LogP contribution >= 0.6 is 11.3 Å². The van der Waals surface area contributed by atoms with Crippen LogP contribution in [0.25, 0.3) is 22.3 Å². The highest BCUT2D eigenvalue weighted by molar-refractivity contribution is 7.13. The number of amides is 1. The lowest BCUT2D eigenvalue weighted by molar-refractivity contribution is -0.148. The van der Waals surface area contributed by atoms with Crippen molar-refractivity contribution in [1.82, 2.24) is 14.7 Å². The number of hydrogen-bond donors (Lipinski definition) is 0. The Morgan fingerprint density at radius 3 is 2.65 bits per heavy atom. The number of rotatable bonds is 6. The molecule has 0 saturated carbocycles. The van der Waals surface area contributed by atoms with Crippen molar-refractivity contribution in [2.45, 2.75) is 19.8 Å². The summed E-state index contributed by atoms with van der Waals surface area (Å²) < 4.78 is 6.98. The summed E-state index contributed by atoms with van der Waals surface area (Å²) >= 11 is 1.59. The molecular weight excluding hydrogens is 410 g/mol. The van der Waals surface area contributed by atoms with E-state index in [0.29, 0.717) is 5.92 Å². The van der Waals surface area contributed by atoms with E-state index in [0.717, 1.165) is 47.8 Å². The van der Waals surface area contributed by atoms with Gasteiger partial charge in [-0.05, 0) is 48.4 Å². The molecule has 3 aromatic rings. The molecule has 3 heterocycles. The second-order valence-corrected chi connectivity index (χ2v) is 8.64. The molecule has 1 aromatic carbocycles. The van der Waals surface area contributed by atoms with Gasteiger partial charge in [0.15, 0.2) is 6.61 Å². The minimum absolute atomic E-state index is 0.134. The zero-order valence-corrected chi connectivity index (χ0v) is 18.3. The molecule has 0 radical (unpaired) electrons. The first kappa shape index (κ1) is 21.1. The number of thiophene rings is 1. The van der Waals surface area contributed by atoms with Crippen molar-refractivity contribution in [3.05, 3.63) is 65.7 Å². The predicted molar refractivity (Wildman–Crippen MR) is 122 cm³/mol. The number of benzene rings is 1. The molecule has 0 N–H and O–H groups in total. The number of aromatic nitrogens is 2. The highest BCUT2D eigenvalue weighted by Crippen LogP contribution is 2.28. The van der Waals surface area contributed by atoms with Gasteiger partial charge in [0.25, 0.3) is 5.91 Å². The fourth-order valence-electron chi connectivity index (χ4n) is 3.52. The van der Waals surface area contributed by atoms with Crippen LogP contribution in [0.1, 0.15) is 25.3 Å². The van der Waals surface area contributed by atoms with Crippen molar-refractivity contribution < 1.29 is 14.3 Å². The number of hydrogen-bond acceptors (Lipinski definition) is 5. The molecule has 0 unspecified atom stereocenters. The van der Waals surface area contributed by atoms with Crippen LogP contribution in [-0.2, 0) is 14.3 Å². The van der Waals surface area contributed by atoms with Crippen LogP contribution in [0.15, 0.2) is 60.1 Å². The fraction of sp³-hybridized carbons (Fsp3) is 0.292. The van der Waals surface area contributed by atoms with Crippen LogP contribution < -0.4 is 0 Å². The third-order valence-electron chi connectivity index (χ3n) is 5.39. The Hall–Kier alpha value is -3.19. The molecule has 1 saturated heterocycles. The van der Waals surface area contributed by atoms with Gasteiger partial charge in [-0.3, -0.25) is 4.79 Å². The third-order valence-corrected chi connectivity index (χ3v) is 6.27. The van der Waals surface area contributed by atoms with E-state index in [-0.39, 0.29) is 12.5 Å². The van der Waals surface area contributed by atoms with Gasteiger partial charge >= 0.3 is 5.97 Å². The third kappa shape index (κ3) is 5.30. The Kier molecular flexibility index (Phi) is 6.62. The van der Waals surface area contributed by atoms with Crippen molar-refractivity contribution in [3.63, 3.8) is 0 Å². The molecule has 2 aromatic heterocycles. The van der Waals surface area contributed by atoms with E-state index in [1.807, 2.05) is 54.0 Å². The van der Waals surface area contributed by atoms with Crippen LogP contribution in [0, 0.1) is 5.92 Å². The molecule has 0 bridgehead atoms. The first-order chi connectivity index (χ1) is 15.1. The van der Waals surface area contributed by atoms with Gasteiger partial charge in [-0.1, -0.05) is 31.2 Å². The van der Waals surface area contributed by atoms with E-state index in [1.54, 1.807) is 27.0 Å². The standard InChI is InChI=1S/C24H25N3O3S/c1-18-11-13-26(14-12-18)22(28)17-30-23(29)10-9-19-16-27(20-6-3-2-4-7-20)25-24(19)21-8-5-15-31-21/h2-10,15-16,18H,11-14,17H2,1H3. The molecule has 1 amide bonds. The number of carbonyl (C=O) groups excluding carboxylic acids is 2. The van der Waals surface area contributed by atoms with Crippen molar-refractivity contribution in [2.24, 2.45) is 5.92 Å². The minimum atomic E-state index is -0.539. The quantitative estimate of drug-likeness (QED) is 0.425. The summed E-state index contributed by atoms with van der Waals surface area (Å²) in [6.45, 7) is 3.43. The van der Waals surface area contributed by atoms with Gasteiger partial charge in [-0.15, -0.1) is 11.3 Å². The number of ether oxygens (including phenoxy) is 1. The summed E-state index contributed by atoms with van der Waals surface area (Å²) in [6, 6.07) is 13.8. The van der Waals surface area contributed by atoms with Gasteiger partial charge in [0.2, 0.25) is 0 Å². The summed E-state index contributed by atoms with van der Waals surface area (Å²) in [5, 5.41) is 6.70. The topological polar surface area (TPSA) is 64.4 Å². The van der Waals surface area contributed by atoms with E-state index >= 15 is 0 Å². The Bertz CT molecular complexity index is 1050. The Morgan fingerprint density at radius 1 is 1.16 bits per heavy atom. The second-order valence-electron chi connectivity index (χ2n) is 7.69. The lowest BCUT2D eigenvalue weighted by Crippen LogP contribution is -2.40. The molecule has 1 aliphatic rings. The van der Waals surface area contributed by atoms with Crippen LogP contribution in [0.5, 0.6) is 0 Å². The summed E-state index contributed by atoms with van der Waals surface area (Å²) in [7, 11) is 0. The molecule has 0 atom stereocenters. The van der Waals surface area contributed by atoms with Crippen molar-refractivity contribution in [3.8, 4) is 16.3 Å². The molecule has 0 aliphatic carbocycles. The molecule has 0 spiro atoms. The summed E-state index contributed by atoms with van der Waals surface area (Å²) in [6.07, 6.45) is 6.92. The van der Waals surface area contributed by atoms with Gasteiger partial charge in [0, 0.05) is 30.9 Å². The number of para-hydroxylation sites is 1. The van der Waals surface area contributed by atoms with Gasteiger partial charge < -0.3 is 9.64 Å². The number of esters is 1. The molecule has 1 aliphatic heterocycles. The summed E-state index contributed by atoms with van der Waals surface area (Å²) in [4.78, 5) is 27.3. The zero-order valence-electron chi connectivity index (χ0n) is 17.4. The van der Waals surface area contributed by atoms with Crippen LogP contribution in [0.3, 0.4) is 0 Å². The highest BCUT2D eigenvalue weighted by atomic mass is 32.1. The zero-order chi connectivity index (χ0) is 21.6. The fourth-order valence-corrected chi connectivity index (χ4v) is 4.25. The Morgan fingerprint density at radius 2 is 1.94 bits per heavy atom. The number of nitrogens with zero attached hydrogens (tertiary/aromatic N) is 3. The molecule has 31 heavy (non-hydrogen) atoms. The SMILES string of the molecule is CC1CCN(C(=O)COC(=O)C=Cc2cn(-c3ccccc3)nc2-c2cccs2)CC1. The molecule has 160 valence electrons. The molecule has 1 fully saturated rings. The lowest BCUT2D eigenvalue weighted by Gasteiger charge is -2.30. The predicted octanol–water partition coefficient (Wildman–Crippen LogP) is 4.42. The van der Waals surface area contributed by atoms with Crippen molar-refractivity contribution >= 4 is 29.3 Å². The smallest absolute Gasteiger partial charge is 0.331 e. The van der Waals surface area contributed by atoms with E-state index < -0.39 is 5.97 Å². The molecule has 4 rings (SSSR count). The Balaban J connectivity index is 1.43. The number of likely N-dealkylation sites (tertiary alicyclic amines) is 1. The summed E-state index contributed by atoms with van der Waals surface area (Å²) in [5.74, 6) is -0.0305. The van der Waals surface area contributed by atoms with Gasteiger partial charge in [0.1, 0.15) is 5.69 Å². The van der Waals surface area contributed by atoms with E-state index in [1.165, 1.54) is 6.08 Å². The maximum Gasteiger partial charge on any atom is 0.331 e. The first-order valence-corrected chi connectivity index (χ1v) is 11.3. The average Bonchev–Trinajstić information content (AvgIpc) is 3.47. The maximum absolute atomic E-state index is 12.3. The number of piperidine rings is 1. The van der Waals surface area contributed by atoms with Crippen LogP contribution in [0.2, 0.25) is 0 Å². The van der Waals surface area contributed by atoms with Gasteiger partial charge in [-0.2, -0.15) is 5.10 Å². The minimum Gasteiger partial charge on any atom is -0.452 e. The van der Waals surface area contributed by atoms with E-state index in [2.05, 4.69) is 6.92 Å².